The molecule has 0 radical (unpaired) electrons. The summed E-state index contributed by atoms with van der Waals surface area (Å²) in [6.07, 6.45) is 0.610. The van der Waals surface area contributed by atoms with Crippen LogP contribution in [-0.4, -0.2) is 6.54 Å². The second-order valence-electron chi connectivity index (χ2n) is 5.46. The van der Waals surface area contributed by atoms with Crippen LogP contribution >= 0.6 is 0 Å². The van der Waals surface area contributed by atoms with Crippen molar-refractivity contribution in [1.82, 2.24) is 0 Å². The number of nitrogens with two attached hydrogens (primary N) is 1. The Morgan fingerprint density at radius 2 is 1.71 bits per heavy atom. The number of rotatable bonds is 5. The number of ether oxygens (including phenoxy) is 1. The van der Waals surface area contributed by atoms with Gasteiger partial charge in [-0.3, -0.25) is 0 Å². The van der Waals surface area contributed by atoms with E-state index in [2.05, 4.69) is 32.9 Å². The summed E-state index contributed by atoms with van der Waals surface area (Å²) in [5.41, 5.74) is 11.3. The predicted octanol–water partition coefficient (Wildman–Crippen LogP) is 3.83. The molecule has 0 saturated carbocycles. The Hall–Kier alpha value is -1.87. The average molecular weight is 287 g/mol. The average Bonchev–Trinajstić information content (AvgIpc) is 2.40. The molecule has 0 aliphatic rings. The first-order valence-electron chi connectivity index (χ1n) is 7.19. The van der Waals surface area contributed by atoms with Gasteiger partial charge < -0.3 is 10.5 Å². The van der Waals surface area contributed by atoms with E-state index in [0.29, 0.717) is 25.3 Å². The van der Waals surface area contributed by atoms with Crippen LogP contribution in [0.5, 0.6) is 5.75 Å². The molecule has 0 aliphatic carbocycles. The lowest BCUT2D eigenvalue weighted by atomic mass is 10.0. The van der Waals surface area contributed by atoms with Crippen LogP contribution in [0.25, 0.3) is 0 Å². The van der Waals surface area contributed by atoms with Gasteiger partial charge in [0.15, 0.2) is 0 Å². The summed E-state index contributed by atoms with van der Waals surface area (Å²) >= 11 is 0. The number of aryl methyl sites for hydroxylation is 3. The molecule has 0 fully saturated rings. The fourth-order valence-corrected chi connectivity index (χ4v) is 2.63. The summed E-state index contributed by atoms with van der Waals surface area (Å²) in [5.74, 6) is 0.453. The third-order valence-corrected chi connectivity index (χ3v) is 3.65. The summed E-state index contributed by atoms with van der Waals surface area (Å²) < 4.78 is 19.2. The number of hydrogen-bond donors (Lipinski definition) is 1. The third kappa shape index (κ3) is 3.82. The summed E-state index contributed by atoms with van der Waals surface area (Å²) in [6.45, 7) is 7.22. The molecule has 2 rings (SSSR count). The fourth-order valence-electron chi connectivity index (χ4n) is 2.63. The third-order valence-electron chi connectivity index (χ3n) is 3.65. The first kappa shape index (κ1) is 15.5. The van der Waals surface area contributed by atoms with Gasteiger partial charge in [-0.15, -0.1) is 0 Å². The van der Waals surface area contributed by atoms with Crippen molar-refractivity contribution in [2.75, 3.05) is 6.54 Å². The van der Waals surface area contributed by atoms with E-state index in [1.807, 2.05) is 0 Å². The fraction of sp³-hybridized carbons (Fsp3) is 0.333. The molecule has 21 heavy (non-hydrogen) atoms. The molecule has 0 heterocycles. The van der Waals surface area contributed by atoms with Gasteiger partial charge in [0.2, 0.25) is 0 Å². The zero-order chi connectivity index (χ0) is 15.4. The molecule has 2 aromatic rings. The lowest BCUT2D eigenvalue weighted by Crippen LogP contribution is -2.07. The number of hydrogen-bond acceptors (Lipinski definition) is 2. The Morgan fingerprint density at radius 3 is 2.33 bits per heavy atom. The maximum Gasteiger partial charge on any atom is 0.123 e. The van der Waals surface area contributed by atoms with Crippen LogP contribution in [0.15, 0.2) is 30.3 Å². The van der Waals surface area contributed by atoms with Crippen molar-refractivity contribution >= 4 is 0 Å². The largest absolute Gasteiger partial charge is 0.489 e. The lowest BCUT2D eigenvalue weighted by Gasteiger charge is -2.15. The minimum atomic E-state index is -0.256. The molecule has 3 heteroatoms. The molecule has 0 aliphatic heterocycles. The predicted molar refractivity (Wildman–Crippen MR) is 84.1 cm³/mol. The molecule has 2 aromatic carbocycles. The zero-order valence-electron chi connectivity index (χ0n) is 12.9. The van der Waals surface area contributed by atoms with Crippen LogP contribution in [-0.2, 0) is 13.0 Å². The highest BCUT2D eigenvalue weighted by molar-refractivity contribution is 5.39. The number of halogens is 1. The Balaban J connectivity index is 2.20. The van der Waals surface area contributed by atoms with Crippen molar-refractivity contribution in [3.63, 3.8) is 0 Å². The van der Waals surface area contributed by atoms with Gasteiger partial charge in [-0.05, 0) is 74.2 Å². The molecule has 0 amide bonds. The summed E-state index contributed by atoms with van der Waals surface area (Å²) in [6, 6.07) is 8.90. The summed E-state index contributed by atoms with van der Waals surface area (Å²) in [5, 5.41) is 0. The van der Waals surface area contributed by atoms with Crippen LogP contribution in [0, 0.1) is 26.6 Å². The van der Waals surface area contributed by atoms with Crippen LogP contribution in [0.4, 0.5) is 4.39 Å². The first-order valence-corrected chi connectivity index (χ1v) is 7.19. The Kier molecular flexibility index (Phi) is 4.97. The van der Waals surface area contributed by atoms with E-state index in [-0.39, 0.29) is 5.82 Å². The molecular formula is C18H22FNO. The van der Waals surface area contributed by atoms with Crippen LogP contribution in [0.3, 0.4) is 0 Å². The second-order valence-corrected chi connectivity index (χ2v) is 5.46. The van der Waals surface area contributed by atoms with Gasteiger partial charge in [0.1, 0.15) is 18.2 Å². The molecule has 0 bridgehead atoms. The van der Waals surface area contributed by atoms with E-state index < -0.39 is 0 Å². The standard InChI is InChI=1S/C18H22FNO/c1-12-8-13(2)17(14(3)9-12)11-21-18-5-4-16(19)10-15(18)6-7-20/h4-5,8-10H,6-7,11,20H2,1-3H3. The second kappa shape index (κ2) is 6.72. The molecule has 112 valence electrons. The van der Waals surface area contributed by atoms with Crippen LogP contribution in [0.2, 0.25) is 0 Å². The van der Waals surface area contributed by atoms with Gasteiger partial charge >= 0.3 is 0 Å². The Morgan fingerprint density at radius 1 is 1.05 bits per heavy atom. The van der Waals surface area contributed by atoms with E-state index >= 15 is 0 Å². The highest BCUT2D eigenvalue weighted by Gasteiger charge is 2.08. The van der Waals surface area contributed by atoms with Gasteiger partial charge in [0, 0.05) is 0 Å². The van der Waals surface area contributed by atoms with Crippen molar-refractivity contribution in [2.45, 2.75) is 33.8 Å². The van der Waals surface area contributed by atoms with Gasteiger partial charge in [-0.25, -0.2) is 4.39 Å². The normalized spacial score (nSPS) is 10.7. The molecular weight excluding hydrogens is 265 g/mol. The van der Waals surface area contributed by atoms with E-state index in [1.165, 1.54) is 34.4 Å². The van der Waals surface area contributed by atoms with Crippen molar-refractivity contribution in [3.8, 4) is 5.75 Å². The maximum atomic E-state index is 13.3. The quantitative estimate of drug-likeness (QED) is 0.907. The van der Waals surface area contributed by atoms with Crippen molar-refractivity contribution in [1.29, 1.82) is 0 Å². The van der Waals surface area contributed by atoms with E-state index in [9.17, 15) is 4.39 Å². The number of benzene rings is 2. The summed E-state index contributed by atoms with van der Waals surface area (Å²) in [4.78, 5) is 0. The lowest BCUT2D eigenvalue weighted by molar-refractivity contribution is 0.301. The SMILES string of the molecule is Cc1cc(C)c(COc2ccc(F)cc2CCN)c(C)c1. The van der Waals surface area contributed by atoms with Gasteiger partial charge in [-0.1, -0.05) is 17.7 Å². The minimum Gasteiger partial charge on any atom is -0.489 e. The molecule has 0 aromatic heterocycles. The molecule has 2 nitrogen and oxygen atoms in total. The van der Waals surface area contributed by atoms with E-state index in [0.717, 1.165) is 5.56 Å². The Labute approximate surface area is 125 Å². The van der Waals surface area contributed by atoms with Crippen molar-refractivity contribution < 1.29 is 9.13 Å². The monoisotopic (exact) mass is 287 g/mol. The van der Waals surface area contributed by atoms with Crippen molar-refractivity contribution in [3.05, 3.63) is 64.0 Å². The summed E-state index contributed by atoms with van der Waals surface area (Å²) in [7, 11) is 0. The Bertz CT molecular complexity index is 614. The van der Waals surface area contributed by atoms with Crippen LogP contribution in [0.1, 0.15) is 27.8 Å². The maximum absolute atomic E-state index is 13.3. The highest BCUT2D eigenvalue weighted by atomic mass is 19.1. The minimum absolute atomic E-state index is 0.256. The molecule has 0 spiro atoms. The molecule has 0 saturated heterocycles. The van der Waals surface area contributed by atoms with Gasteiger partial charge in [-0.2, -0.15) is 0 Å². The molecule has 0 atom stereocenters. The van der Waals surface area contributed by atoms with E-state index in [4.69, 9.17) is 10.5 Å². The molecule has 2 N–H and O–H groups in total. The van der Waals surface area contributed by atoms with Crippen molar-refractivity contribution in [2.24, 2.45) is 5.73 Å². The first-order chi connectivity index (χ1) is 10.0. The zero-order valence-corrected chi connectivity index (χ0v) is 12.9. The van der Waals surface area contributed by atoms with Gasteiger partial charge in [0.25, 0.3) is 0 Å². The topological polar surface area (TPSA) is 35.2 Å². The highest BCUT2D eigenvalue weighted by Crippen LogP contribution is 2.23. The van der Waals surface area contributed by atoms with E-state index in [1.54, 1.807) is 6.07 Å². The smallest absolute Gasteiger partial charge is 0.123 e. The van der Waals surface area contributed by atoms with Gasteiger partial charge in [0.05, 0.1) is 0 Å². The molecule has 0 unspecified atom stereocenters. The van der Waals surface area contributed by atoms with Crippen LogP contribution < -0.4 is 10.5 Å².